The van der Waals surface area contributed by atoms with Crippen molar-refractivity contribution >= 4 is 44.8 Å². The number of benzene rings is 3. The summed E-state index contributed by atoms with van der Waals surface area (Å²) in [6.45, 7) is 0.996. The fraction of sp³-hybridized carbons (Fsp3) is 0.269. The number of amides is 1. The minimum atomic E-state index is -4.46. The molecule has 0 saturated carbocycles. The average molecular weight is 586 g/mol. The van der Waals surface area contributed by atoms with Gasteiger partial charge in [-0.1, -0.05) is 59.6 Å². The van der Waals surface area contributed by atoms with Crippen molar-refractivity contribution in [3.05, 3.63) is 94.0 Å². The second kappa shape index (κ2) is 11.5. The van der Waals surface area contributed by atoms with E-state index >= 15 is 0 Å². The van der Waals surface area contributed by atoms with Crippen molar-refractivity contribution in [1.82, 2.24) is 9.62 Å². The van der Waals surface area contributed by atoms with Crippen LogP contribution in [0.1, 0.15) is 11.1 Å². The van der Waals surface area contributed by atoms with Gasteiger partial charge in [0.25, 0.3) is 0 Å². The van der Waals surface area contributed by atoms with Gasteiger partial charge in [-0.2, -0.15) is 17.9 Å². The first-order valence-corrected chi connectivity index (χ1v) is 13.9. The van der Waals surface area contributed by atoms with Crippen molar-refractivity contribution < 1.29 is 26.4 Å². The van der Waals surface area contributed by atoms with E-state index in [1.807, 2.05) is 6.07 Å². The molecule has 1 amide bonds. The summed E-state index contributed by atoms with van der Waals surface area (Å²) in [7, 11) is -4.22. The van der Waals surface area contributed by atoms with E-state index in [0.717, 1.165) is 17.7 Å². The van der Waals surface area contributed by atoms with Gasteiger partial charge in [0.1, 0.15) is 10.9 Å². The van der Waals surface area contributed by atoms with Crippen molar-refractivity contribution in [2.75, 3.05) is 31.1 Å². The summed E-state index contributed by atoms with van der Waals surface area (Å²) in [5, 5.41) is 0.133. The quantitative estimate of drug-likeness (QED) is 0.411. The molecule has 1 saturated heterocycles. The summed E-state index contributed by atoms with van der Waals surface area (Å²) in [6, 6.07) is 16.9. The lowest BCUT2D eigenvalue weighted by Crippen LogP contribution is -2.55. The maximum absolute atomic E-state index is 13.6. The van der Waals surface area contributed by atoms with Gasteiger partial charge in [0.2, 0.25) is 15.9 Å². The zero-order valence-corrected chi connectivity index (χ0v) is 22.3. The lowest BCUT2D eigenvalue weighted by molar-refractivity contribution is -0.137. The molecule has 0 spiro atoms. The first-order chi connectivity index (χ1) is 17.9. The number of carbonyl (C=O) groups excluding carboxylic acids is 1. The normalized spacial score (nSPS) is 15.4. The summed E-state index contributed by atoms with van der Waals surface area (Å²) in [5.74, 6) is -0.445. The summed E-state index contributed by atoms with van der Waals surface area (Å²) in [4.78, 5) is 16.6. The molecule has 38 heavy (non-hydrogen) atoms. The Labute approximate surface area is 229 Å². The van der Waals surface area contributed by atoms with E-state index in [4.69, 9.17) is 23.2 Å². The number of anilines is 1. The van der Waals surface area contributed by atoms with Crippen LogP contribution in [0.4, 0.5) is 18.9 Å². The number of hydrogen-bond acceptors (Lipinski definition) is 4. The van der Waals surface area contributed by atoms with Gasteiger partial charge in [0.05, 0.1) is 10.6 Å². The zero-order chi connectivity index (χ0) is 27.5. The summed E-state index contributed by atoms with van der Waals surface area (Å²) in [6.07, 6.45) is -4.37. The number of nitrogens with zero attached hydrogens (tertiary/aromatic N) is 2. The summed E-state index contributed by atoms with van der Waals surface area (Å²) >= 11 is 12.1. The van der Waals surface area contributed by atoms with Crippen LogP contribution in [0.5, 0.6) is 0 Å². The highest BCUT2D eigenvalue weighted by Gasteiger charge is 2.34. The van der Waals surface area contributed by atoms with Gasteiger partial charge in [-0.3, -0.25) is 4.79 Å². The Morgan fingerprint density at radius 2 is 1.61 bits per heavy atom. The van der Waals surface area contributed by atoms with Crippen LogP contribution in [0, 0.1) is 0 Å². The average Bonchev–Trinajstić information content (AvgIpc) is 2.89. The predicted molar refractivity (Wildman–Crippen MR) is 141 cm³/mol. The molecule has 3 aromatic rings. The van der Waals surface area contributed by atoms with Crippen LogP contribution < -0.4 is 9.62 Å². The predicted octanol–water partition coefficient (Wildman–Crippen LogP) is 5.25. The van der Waals surface area contributed by atoms with Gasteiger partial charge in [0.15, 0.2) is 0 Å². The fourth-order valence-electron chi connectivity index (χ4n) is 4.25. The molecule has 202 valence electrons. The first kappa shape index (κ1) is 28.2. The van der Waals surface area contributed by atoms with Crippen molar-refractivity contribution in [2.24, 2.45) is 0 Å². The molecule has 6 nitrogen and oxygen atoms in total. The zero-order valence-electron chi connectivity index (χ0n) is 20.0. The Morgan fingerprint density at radius 3 is 2.26 bits per heavy atom. The van der Waals surface area contributed by atoms with Crippen LogP contribution in [-0.2, 0) is 27.4 Å². The Bertz CT molecular complexity index is 1400. The van der Waals surface area contributed by atoms with Crippen LogP contribution in [0.2, 0.25) is 10.0 Å². The van der Waals surface area contributed by atoms with E-state index in [9.17, 15) is 26.4 Å². The van der Waals surface area contributed by atoms with Gasteiger partial charge in [-0.25, -0.2) is 8.42 Å². The first-order valence-electron chi connectivity index (χ1n) is 11.7. The van der Waals surface area contributed by atoms with Gasteiger partial charge in [-0.05, 0) is 48.4 Å². The molecule has 1 atom stereocenters. The van der Waals surface area contributed by atoms with E-state index in [2.05, 4.69) is 4.72 Å². The molecule has 1 fully saturated rings. The van der Waals surface area contributed by atoms with Crippen molar-refractivity contribution in [3.8, 4) is 0 Å². The smallest absolute Gasteiger partial charge is 0.368 e. The number of rotatable bonds is 7. The topological polar surface area (TPSA) is 69.7 Å². The van der Waals surface area contributed by atoms with Crippen molar-refractivity contribution in [3.63, 3.8) is 0 Å². The Morgan fingerprint density at radius 1 is 0.921 bits per heavy atom. The third kappa shape index (κ3) is 6.79. The number of hydrogen-bond donors (Lipinski definition) is 1. The van der Waals surface area contributed by atoms with E-state index in [1.165, 1.54) is 29.2 Å². The summed E-state index contributed by atoms with van der Waals surface area (Å²) in [5.41, 5.74) is 0.405. The molecule has 1 N–H and O–H groups in total. The number of sulfonamides is 1. The molecular weight excluding hydrogens is 562 g/mol. The molecule has 1 heterocycles. The highest BCUT2D eigenvalue weighted by Crippen LogP contribution is 2.32. The Kier molecular flexibility index (Phi) is 8.56. The van der Waals surface area contributed by atoms with Gasteiger partial charge >= 0.3 is 6.18 Å². The highest BCUT2D eigenvalue weighted by atomic mass is 35.5. The van der Waals surface area contributed by atoms with Crippen LogP contribution >= 0.6 is 23.2 Å². The third-order valence-electron chi connectivity index (χ3n) is 6.19. The van der Waals surface area contributed by atoms with Gasteiger partial charge in [0, 0.05) is 36.9 Å². The van der Waals surface area contributed by atoms with Crippen molar-refractivity contribution in [1.29, 1.82) is 0 Å². The number of carbonyl (C=O) groups is 1. The number of nitrogens with one attached hydrogen (secondary N) is 1. The summed E-state index contributed by atoms with van der Waals surface area (Å²) < 4.78 is 68.3. The number of piperazine rings is 1. The van der Waals surface area contributed by atoms with Crippen LogP contribution in [-0.4, -0.2) is 51.4 Å². The van der Waals surface area contributed by atoms with E-state index in [0.29, 0.717) is 5.69 Å². The van der Waals surface area contributed by atoms with Gasteiger partial charge < -0.3 is 9.80 Å². The molecule has 3 aromatic carbocycles. The lowest BCUT2D eigenvalue weighted by atomic mass is 10.1. The maximum atomic E-state index is 13.6. The Hall–Kier alpha value is -2.79. The minimum Gasteiger partial charge on any atom is -0.368 e. The van der Waals surface area contributed by atoms with Crippen LogP contribution in [0.3, 0.4) is 0 Å². The van der Waals surface area contributed by atoms with E-state index in [-0.39, 0.29) is 47.5 Å². The molecule has 0 bridgehead atoms. The SMILES string of the molecule is O=C([C@@H](Cc1ccccc1)NS(=O)(=O)c1cc(Cl)ccc1Cl)N1CCN(c2cccc(C(F)(F)F)c2)CC1. The molecule has 0 aromatic heterocycles. The standard InChI is InChI=1S/C26H24Cl2F3N3O3S/c27-20-9-10-22(28)24(17-20)38(36,37)32-23(15-18-5-2-1-3-6-18)25(35)34-13-11-33(12-14-34)21-8-4-7-19(16-21)26(29,30)31/h1-10,16-17,23,32H,11-15H2/t23-/m1/s1. The largest absolute Gasteiger partial charge is 0.416 e. The fourth-order valence-corrected chi connectivity index (χ4v) is 6.20. The molecule has 0 aliphatic carbocycles. The molecule has 0 unspecified atom stereocenters. The second-order valence-electron chi connectivity index (χ2n) is 8.80. The third-order valence-corrected chi connectivity index (χ3v) is 8.38. The lowest BCUT2D eigenvalue weighted by Gasteiger charge is -2.38. The highest BCUT2D eigenvalue weighted by molar-refractivity contribution is 7.89. The molecule has 0 radical (unpaired) electrons. The monoisotopic (exact) mass is 585 g/mol. The van der Waals surface area contributed by atoms with E-state index in [1.54, 1.807) is 35.2 Å². The second-order valence-corrected chi connectivity index (χ2v) is 11.3. The molecule has 1 aliphatic rings. The number of halogens is 5. The minimum absolute atomic E-state index is 0.0393. The van der Waals surface area contributed by atoms with Crippen LogP contribution in [0.25, 0.3) is 0 Å². The maximum Gasteiger partial charge on any atom is 0.416 e. The molecule has 4 rings (SSSR count). The van der Waals surface area contributed by atoms with Crippen LogP contribution in [0.15, 0.2) is 77.7 Å². The van der Waals surface area contributed by atoms with Gasteiger partial charge in [-0.15, -0.1) is 0 Å². The number of alkyl halides is 3. The molecular formula is C26H24Cl2F3N3O3S. The van der Waals surface area contributed by atoms with E-state index < -0.39 is 33.7 Å². The van der Waals surface area contributed by atoms with Crippen molar-refractivity contribution in [2.45, 2.75) is 23.5 Å². The Balaban J connectivity index is 1.52. The molecule has 12 heteroatoms. The molecule has 1 aliphatic heterocycles.